The van der Waals surface area contributed by atoms with Crippen molar-refractivity contribution in [3.8, 4) is 5.75 Å². The van der Waals surface area contributed by atoms with E-state index in [1.54, 1.807) is 19.2 Å². The van der Waals surface area contributed by atoms with Crippen molar-refractivity contribution in [3.05, 3.63) is 41.7 Å². The van der Waals surface area contributed by atoms with E-state index in [9.17, 15) is 9.59 Å². The number of benzene rings is 1. The van der Waals surface area contributed by atoms with Crippen LogP contribution in [0.1, 0.15) is 5.69 Å². The minimum atomic E-state index is -0.690. The van der Waals surface area contributed by atoms with Crippen LogP contribution in [0.2, 0.25) is 0 Å². The Kier molecular flexibility index (Phi) is 5.36. The van der Waals surface area contributed by atoms with Gasteiger partial charge in [0.1, 0.15) is 17.0 Å². The monoisotopic (exact) mass is 330 g/mol. The topological polar surface area (TPSA) is 86.8 Å². The highest BCUT2D eigenvalue weighted by molar-refractivity contribution is 6.02. The molecule has 2 rings (SSSR count). The molecule has 0 radical (unpaired) electrons. The molecular weight excluding hydrogens is 312 g/mol. The maximum Gasteiger partial charge on any atom is 0.354 e. The highest BCUT2D eigenvalue weighted by Crippen LogP contribution is 2.31. The molecular formula is C17H18N2O5. The van der Waals surface area contributed by atoms with Crippen LogP contribution in [0.4, 0.5) is 5.69 Å². The van der Waals surface area contributed by atoms with Crippen LogP contribution in [0.15, 0.2) is 36.0 Å². The summed E-state index contributed by atoms with van der Waals surface area (Å²) in [6.45, 7) is 1.87. The minimum Gasteiger partial charge on any atom is -0.494 e. The molecule has 1 aromatic carbocycles. The first-order valence-corrected chi connectivity index (χ1v) is 7.09. The number of esters is 2. The van der Waals surface area contributed by atoms with Crippen molar-refractivity contribution in [1.82, 2.24) is 4.98 Å². The normalized spacial score (nSPS) is 11.1. The van der Waals surface area contributed by atoms with Crippen LogP contribution >= 0.6 is 0 Å². The van der Waals surface area contributed by atoms with Gasteiger partial charge in [-0.05, 0) is 31.2 Å². The lowest BCUT2D eigenvalue weighted by molar-refractivity contribution is -0.138. The molecule has 0 saturated carbocycles. The van der Waals surface area contributed by atoms with Crippen molar-refractivity contribution in [2.45, 2.75) is 6.92 Å². The van der Waals surface area contributed by atoms with Gasteiger partial charge in [-0.3, -0.25) is 0 Å². The number of carbonyl (C=O) groups excluding carboxylic acids is 2. The van der Waals surface area contributed by atoms with E-state index in [0.717, 1.165) is 17.2 Å². The third-order valence-corrected chi connectivity index (χ3v) is 3.32. The lowest BCUT2D eigenvalue weighted by atomic mass is 10.1. The first-order valence-electron chi connectivity index (χ1n) is 7.09. The molecule has 2 aromatic rings. The molecule has 1 N–H and O–H groups in total. The molecule has 7 heteroatoms. The summed E-state index contributed by atoms with van der Waals surface area (Å²) in [5.41, 5.74) is 2.01. The van der Waals surface area contributed by atoms with Gasteiger partial charge in [-0.15, -0.1) is 0 Å². The van der Waals surface area contributed by atoms with E-state index in [4.69, 9.17) is 4.74 Å². The first-order chi connectivity index (χ1) is 11.5. The van der Waals surface area contributed by atoms with E-state index < -0.39 is 11.9 Å². The lowest BCUT2D eigenvalue weighted by Crippen LogP contribution is -2.15. The molecule has 1 heterocycles. The molecule has 1 aromatic heterocycles. The number of aryl methyl sites for hydroxylation is 1. The van der Waals surface area contributed by atoms with Crippen LogP contribution < -0.4 is 10.1 Å². The third kappa shape index (κ3) is 3.62. The number of ether oxygens (including phenoxy) is 3. The van der Waals surface area contributed by atoms with Crippen LogP contribution in [-0.2, 0) is 19.1 Å². The summed E-state index contributed by atoms with van der Waals surface area (Å²) in [6.07, 6.45) is 1.03. The Morgan fingerprint density at radius 2 is 1.83 bits per heavy atom. The second-order valence-corrected chi connectivity index (χ2v) is 4.86. The van der Waals surface area contributed by atoms with Gasteiger partial charge >= 0.3 is 11.9 Å². The van der Waals surface area contributed by atoms with Crippen molar-refractivity contribution < 1.29 is 23.8 Å². The highest BCUT2D eigenvalue weighted by Gasteiger charge is 2.15. The molecule has 0 amide bonds. The van der Waals surface area contributed by atoms with Crippen LogP contribution in [0.25, 0.3) is 10.9 Å². The van der Waals surface area contributed by atoms with Gasteiger partial charge in [-0.25, -0.2) is 14.6 Å². The number of hydrogen-bond acceptors (Lipinski definition) is 7. The van der Waals surface area contributed by atoms with Crippen LogP contribution in [0.3, 0.4) is 0 Å². The number of anilines is 1. The van der Waals surface area contributed by atoms with Gasteiger partial charge in [0.05, 0.1) is 27.4 Å². The molecule has 0 aliphatic heterocycles. The van der Waals surface area contributed by atoms with Gasteiger partial charge in [0.15, 0.2) is 0 Å². The summed E-state index contributed by atoms with van der Waals surface area (Å²) in [4.78, 5) is 27.8. The zero-order valence-corrected chi connectivity index (χ0v) is 13.9. The Morgan fingerprint density at radius 1 is 1.08 bits per heavy atom. The van der Waals surface area contributed by atoms with Crippen molar-refractivity contribution in [2.24, 2.45) is 0 Å². The SMILES string of the molecule is COC(=O)/C=C(/Nc1ccc(OC)c2nc(C)ccc12)C(=O)OC. The maximum atomic E-state index is 11.9. The van der Waals surface area contributed by atoms with E-state index in [1.807, 2.05) is 19.1 Å². The van der Waals surface area contributed by atoms with Gasteiger partial charge in [0, 0.05) is 16.8 Å². The Bertz CT molecular complexity index is 814. The number of aromatic nitrogens is 1. The molecule has 0 aliphatic carbocycles. The minimum absolute atomic E-state index is 0.0450. The van der Waals surface area contributed by atoms with E-state index in [-0.39, 0.29) is 5.70 Å². The van der Waals surface area contributed by atoms with Crippen molar-refractivity contribution >= 4 is 28.5 Å². The fourth-order valence-electron chi connectivity index (χ4n) is 2.14. The number of rotatable bonds is 5. The number of pyridine rings is 1. The lowest BCUT2D eigenvalue weighted by Gasteiger charge is -2.13. The standard InChI is InChI=1S/C17H18N2O5/c1-10-5-6-11-12(7-8-14(22-2)16(11)18-10)19-13(17(21)24-4)9-15(20)23-3/h5-9,19H,1-4H3/b13-9+. The van der Waals surface area contributed by atoms with E-state index in [0.29, 0.717) is 17.0 Å². The summed E-state index contributed by atoms with van der Waals surface area (Å²) in [7, 11) is 4.01. The molecule has 24 heavy (non-hydrogen) atoms. The molecule has 0 aliphatic rings. The Hall–Kier alpha value is -3.09. The second-order valence-electron chi connectivity index (χ2n) is 4.86. The largest absolute Gasteiger partial charge is 0.494 e. The van der Waals surface area contributed by atoms with Crippen molar-refractivity contribution in [1.29, 1.82) is 0 Å². The van der Waals surface area contributed by atoms with Crippen LogP contribution in [0, 0.1) is 6.92 Å². The first kappa shape index (κ1) is 17.3. The zero-order chi connectivity index (χ0) is 17.7. The van der Waals surface area contributed by atoms with Crippen LogP contribution in [0.5, 0.6) is 5.75 Å². The number of fused-ring (bicyclic) bond motifs is 1. The van der Waals surface area contributed by atoms with Crippen molar-refractivity contribution in [2.75, 3.05) is 26.6 Å². The fraction of sp³-hybridized carbons (Fsp3) is 0.235. The third-order valence-electron chi connectivity index (χ3n) is 3.32. The van der Waals surface area contributed by atoms with Crippen molar-refractivity contribution in [3.63, 3.8) is 0 Å². The number of methoxy groups -OCH3 is 3. The van der Waals surface area contributed by atoms with E-state index >= 15 is 0 Å². The highest BCUT2D eigenvalue weighted by atomic mass is 16.5. The van der Waals surface area contributed by atoms with Gasteiger partial charge in [0.25, 0.3) is 0 Å². The molecule has 0 spiro atoms. The quantitative estimate of drug-likeness (QED) is 0.664. The Balaban J connectivity index is 2.53. The van der Waals surface area contributed by atoms with Gasteiger partial charge in [-0.2, -0.15) is 0 Å². The summed E-state index contributed by atoms with van der Waals surface area (Å²) in [6, 6.07) is 7.15. The van der Waals surface area contributed by atoms with E-state index in [2.05, 4.69) is 19.8 Å². The summed E-state index contributed by atoms with van der Waals surface area (Å²) < 4.78 is 14.6. The smallest absolute Gasteiger partial charge is 0.354 e. The van der Waals surface area contributed by atoms with Crippen LogP contribution in [-0.4, -0.2) is 38.3 Å². The molecule has 0 unspecified atom stereocenters. The molecule has 0 atom stereocenters. The predicted molar refractivity (Wildman–Crippen MR) is 88.8 cm³/mol. The molecule has 0 saturated heterocycles. The summed E-state index contributed by atoms with van der Waals surface area (Å²) in [5.74, 6) is -0.755. The number of hydrogen-bond donors (Lipinski definition) is 1. The van der Waals surface area contributed by atoms with Gasteiger partial charge in [-0.1, -0.05) is 0 Å². The second kappa shape index (κ2) is 7.45. The Morgan fingerprint density at radius 3 is 2.46 bits per heavy atom. The zero-order valence-electron chi connectivity index (χ0n) is 13.9. The fourth-order valence-corrected chi connectivity index (χ4v) is 2.14. The average molecular weight is 330 g/mol. The number of nitrogens with zero attached hydrogens (tertiary/aromatic N) is 1. The number of nitrogens with one attached hydrogen (secondary N) is 1. The summed E-state index contributed by atoms with van der Waals surface area (Å²) >= 11 is 0. The van der Waals surface area contributed by atoms with E-state index in [1.165, 1.54) is 14.2 Å². The maximum absolute atomic E-state index is 11.9. The number of carbonyl (C=O) groups is 2. The van der Waals surface area contributed by atoms with Gasteiger partial charge < -0.3 is 19.5 Å². The predicted octanol–water partition coefficient (Wildman–Crippen LogP) is 2.19. The molecule has 0 bridgehead atoms. The van der Waals surface area contributed by atoms with Gasteiger partial charge in [0.2, 0.25) is 0 Å². The molecule has 0 fully saturated rings. The molecule has 7 nitrogen and oxygen atoms in total. The summed E-state index contributed by atoms with van der Waals surface area (Å²) in [5, 5.41) is 3.63. The molecule has 126 valence electrons. The Labute approximate surface area is 139 Å². The average Bonchev–Trinajstić information content (AvgIpc) is 2.60.